The molecule has 0 spiro atoms. The van der Waals surface area contributed by atoms with E-state index in [9.17, 15) is 0 Å². The zero-order chi connectivity index (χ0) is 11.1. The number of ether oxygens (including phenoxy) is 2. The topological polar surface area (TPSA) is 33.7 Å². The fourth-order valence-corrected chi connectivity index (χ4v) is 2.24. The van der Waals surface area contributed by atoms with Gasteiger partial charge in [-0.15, -0.1) is 0 Å². The van der Waals surface area contributed by atoms with Crippen LogP contribution in [0.2, 0.25) is 0 Å². The molecule has 3 rings (SSSR count). The number of hydrogen-bond donors (Lipinski definition) is 1. The first-order chi connectivity index (χ1) is 7.74. The number of likely N-dealkylation sites (N-methyl/N-ethyl adjacent to an activating group) is 1. The molecule has 4 heteroatoms. The number of rotatable bonds is 1. The van der Waals surface area contributed by atoms with Crippen molar-refractivity contribution in [3.05, 3.63) is 17.7 Å². The Balaban J connectivity index is 1.93. The van der Waals surface area contributed by atoms with Crippen molar-refractivity contribution >= 4 is 5.69 Å². The Morgan fingerprint density at radius 2 is 2.00 bits per heavy atom. The summed E-state index contributed by atoms with van der Waals surface area (Å²) in [5.74, 6) is 1.73. The van der Waals surface area contributed by atoms with Gasteiger partial charge < -0.3 is 19.7 Å². The number of benzene rings is 1. The van der Waals surface area contributed by atoms with Crippen molar-refractivity contribution in [1.29, 1.82) is 0 Å². The molecular weight excluding hydrogens is 204 g/mol. The summed E-state index contributed by atoms with van der Waals surface area (Å²) in [6, 6.07) is 4.69. The predicted octanol–water partition coefficient (Wildman–Crippen LogP) is 1.31. The minimum Gasteiger partial charge on any atom is -0.454 e. The molecule has 1 aromatic rings. The number of nitrogens with one attached hydrogen (secondary N) is 1. The van der Waals surface area contributed by atoms with Crippen molar-refractivity contribution in [1.82, 2.24) is 4.90 Å². The second kappa shape index (κ2) is 3.56. The van der Waals surface area contributed by atoms with Crippen molar-refractivity contribution < 1.29 is 9.47 Å². The van der Waals surface area contributed by atoms with Gasteiger partial charge in [0.2, 0.25) is 6.79 Å². The van der Waals surface area contributed by atoms with Crippen LogP contribution in [-0.4, -0.2) is 38.4 Å². The van der Waals surface area contributed by atoms with Crippen LogP contribution < -0.4 is 14.8 Å². The van der Waals surface area contributed by atoms with Crippen LogP contribution in [0.1, 0.15) is 5.56 Å². The lowest BCUT2D eigenvalue weighted by molar-refractivity contribution is 0.174. The lowest BCUT2D eigenvalue weighted by Gasteiger charge is -2.31. The minimum atomic E-state index is 0.343. The van der Waals surface area contributed by atoms with E-state index in [1.54, 1.807) is 0 Å². The molecule has 0 fully saturated rings. The third-order valence-electron chi connectivity index (χ3n) is 3.31. The lowest BCUT2D eigenvalue weighted by atomic mass is 9.98. The fourth-order valence-electron chi connectivity index (χ4n) is 2.24. The van der Waals surface area contributed by atoms with Gasteiger partial charge in [-0.05, 0) is 32.1 Å². The molecule has 2 heterocycles. The highest BCUT2D eigenvalue weighted by atomic mass is 16.7. The van der Waals surface area contributed by atoms with Crippen molar-refractivity contribution in [3.63, 3.8) is 0 Å². The van der Waals surface area contributed by atoms with Gasteiger partial charge in [-0.3, -0.25) is 0 Å². The summed E-state index contributed by atoms with van der Waals surface area (Å²) < 4.78 is 10.8. The first-order valence-corrected chi connectivity index (χ1v) is 5.57. The molecule has 1 aromatic carbocycles. The molecule has 1 N–H and O–H groups in total. The molecule has 1 atom stereocenters. The highest BCUT2D eigenvalue weighted by Gasteiger charge is 2.23. The molecule has 2 aliphatic rings. The molecule has 4 nitrogen and oxygen atoms in total. The van der Waals surface area contributed by atoms with E-state index in [4.69, 9.17) is 9.47 Å². The first-order valence-electron chi connectivity index (χ1n) is 5.57. The van der Waals surface area contributed by atoms with Gasteiger partial charge in [0.1, 0.15) is 0 Å². The summed E-state index contributed by atoms with van der Waals surface area (Å²) in [6.45, 7) is 1.33. The van der Waals surface area contributed by atoms with Gasteiger partial charge in [-0.1, -0.05) is 0 Å². The van der Waals surface area contributed by atoms with E-state index in [-0.39, 0.29) is 0 Å². The van der Waals surface area contributed by atoms with E-state index in [1.165, 1.54) is 11.3 Å². The molecule has 0 saturated heterocycles. The fraction of sp³-hybridized carbons (Fsp3) is 0.500. The minimum absolute atomic E-state index is 0.343. The Kier molecular flexibility index (Phi) is 2.17. The van der Waals surface area contributed by atoms with E-state index in [0.29, 0.717) is 12.8 Å². The van der Waals surface area contributed by atoms with Gasteiger partial charge in [0, 0.05) is 24.3 Å². The Morgan fingerprint density at radius 1 is 1.25 bits per heavy atom. The highest BCUT2D eigenvalue weighted by Crippen LogP contribution is 2.38. The quantitative estimate of drug-likeness (QED) is 0.773. The average Bonchev–Trinajstić information content (AvgIpc) is 2.71. The van der Waals surface area contributed by atoms with Crippen LogP contribution in [0, 0.1) is 0 Å². The van der Waals surface area contributed by atoms with E-state index >= 15 is 0 Å². The maximum atomic E-state index is 5.40. The molecule has 1 unspecified atom stereocenters. The van der Waals surface area contributed by atoms with Crippen LogP contribution in [-0.2, 0) is 6.42 Å². The van der Waals surface area contributed by atoms with Crippen LogP contribution in [0.5, 0.6) is 11.5 Å². The molecule has 86 valence electrons. The van der Waals surface area contributed by atoms with E-state index < -0.39 is 0 Å². The molecule has 0 saturated carbocycles. The van der Waals surface area contributed by atoms with E-state index in [2.05, 4.69) is 30.4 Å². The number of hydrogen-bond acceptors (Lipinski definition) is 4. The maximum absolute atomic E-state index is 5.40. The number of fused-ring (bicyclic) bond motifs is 2. The molecule has 16 heavy (non-hydrogen) atoms. The second-order valence-electron chi connectivity index (χ2n) is 4.57. The standard InChI is InChI=1S/C12H16N2O2/c1-14(2)9-3-8-4-11-12(16-7-15-11)5-10(8)13-6-9/h4-5,9,13H,3,6-7H2,1-2H3. The van der Waals surface area contributed by atoms with Crippen LogP contribution in [0.15, 0.2) is 12.1 Å². The van der Waals surface area contributed by atoms with Crippen molar-refractivity contribution in [2.75, 3.05) is 32.7 Å². The van der Waals surface area contributed by atoms with Crippen molar-refractivity contribution in [3.8, 4) is 11.5 Å². The Bertz CT molecular complexity index is 418. The van der Waals surface area contributed by atoms with Gasteiger partial charge in [0.25, 0.3) is 0 Å². The predicted molar refractivity (Wildman–Crippen MR) is 62.2 cm³/mol. The number of nitrogens with zero attached hydrogens (tertiary/aromatic N) is 1. The Labute approximate surface area is 95.1 Å². The molecular formula is C12H16N2O2. The van der Waals surface area contributed by atoms with E-state index in [1.807, 2.05) is 6.07 Å². The summed E-state index contributed by atoms with van der Waals surface area (Å²) in [5.41, 5.74) is 2.50. The third-order valence-corrected chi connectivity index (χ3v) is 3.31. The van der Waals surface area contributed by atoms with Crippen LogP contribution in [0.4, 0.5) is 5.69 Å². The zero-order valence-electron chi connectivity index (χ0n) is 9.62. The van der Waals surface area contributed by atoms with Gasteiger partial charge in [-0.2, -0.15) is 0 Å². The summed E-state index contributed by atoms with van der Waals surface area (Å²) in [5, 5.41) is 3.45. The molecule has 0 radical (unpaired) electrons. The molecule has 0 amide bonds. The monoisotopic (exact) mass is 220 g/mol. The Hall–Kier alpha value is -1.42. The van der Waals surface area contributed by atoms with Crippen molar-refractivity contribution in [2.45, 2.75) is 12.5 Å². The largest absolute Gasteiger partial charge is 0.454 e. The van der Waals surface area contributed by atoms with E-state index in [0.717, 1.165) is 24.5 Å². The average molecular weight is 220 g/mol. The lowest BCUT2D eigenvalue weighted by Crippen LogP contribution is -2.39. The van der Waals surface area contributed by atoms with Gasteiger partial charge in [0.05, 0.1) is 0 Å². The second-order valence-corrected chi connectivity index (χ2v) is 4.57. The zero-order valence-corrected chi connectivity index (χ0v) is 9.62. The van der Waals surface area contributed by atoms with Crippen LogP contribution in [0.25, 0.3) is 0 Å². The maximum Gasteiger partial charge on any atom is 0.231 e. The first kappa shape index (κ1) is 9.78. The van der Waals surface area contributed by atoms with Gasteiger partial charge >= 0.3 is 0 Å². The van der Waals surface area contributed by atoms with Crippen LogP contribution >= 0.6 is 0 Å². The number of anilines is 1. The molecule has 0 aliphatic carbocycles. The van der Waals surface area contributed by atoms with Crippen molar-refractivity contribution in [2.24, 2.45) is 0 Å². The molecule has 2 aliphatic heterocycles. The van der Waals surface area contributed by atoms with Gasteiger partial charge in [-0.25, -0.2) is 0 Å². The van der Waals surface area contributed by atoms with Gasteiger partial charge in [0.15, 0.2) is 11.5 Å². The summed E-state index contributed by atoms with van der Waals surface area (Å²) in [6.07, 6.45) is 1.06. The summed E-state index contributed by atoms with van der Waals surface area (Å²) >= 11 is 0. The summed E-state index contributed by atoms with van der Waals surface area (Å²) in [7, 11) is 4.23. The molecule has 0 bridgehead atoms. The van der Waals surface area contributed by atoms with Crippen LogP contribution in [0.3, 0.4) is 0 Å². The highest BCUT2D eigenvalue weighted by molar-refractivity contribution is 5.62. The SMILES string of the molecule is CN(C)C1CNc2cc3c(cc2C1)OCO3. The normalized spacial score (nSPS) is 21.8. The smallest absolute Gasteiger partial charge is 0.231 e. The molecule has 0 aromatic heterocycles. The Morgan fingerprint density at radius 3 is 2.75 bits per heavy atom. The third kappa shape index (κ3) is 1.50. The summed E-state index contributed by atoms with van der Waals surface area (Å²) in [4.78, 5) is 2.25.